The summed E-state index contributed by atoms with van der Waals surface area (Å²) < 4.78 is 14.8. The van der Waals surface area contributed by atoms with Crippen molar-refractivity contribution >= 4 is 17.4 Å². The van der Waals surface area contributed by atoms with Crippen molar-refractivity contribution in [1.82, 2.24) is 19.2 Å². The second-order valence-electron chi connectivity index (χ2n) is 5.90. The molecule has 1 amide bonds. The van der Waals surface area contributed by atoms with Crippen LogP contribution >= 0.6 is 11.5 Å². The van der Waals surface area contributed by atoms with Crippen LogP contribution in [0.4, 0.5) is 0 Å². The van der Waals surface area contributed by atoms with Gasteiger partial charge in [0.1, 0.15) is 5.82 Å². The fourth-order valence-corrected chi connectivity index (χ4v) is 3.57. The number of piperazine rings is 1. The van der Waals surface area contributed by atoms with Crippen molar-refractivity contribution in [3.8, 4) is 11.5 Å². The van der Waals surface area contributed by atoms with Crippen LogP contribution in [0.25, 0.3) is 0 Å². The van der Waals surface area contributed by atoms with Gasteiger partial charge in [0, 0.05) is 32.7 Å². The first kappa shape index (κ1) is 15.3. The quantitative estimate of drug-likeness (QED) is 0.840. The van der Waals surface area contributed by atoms with Gasteiger partial charge >= 0.3 is 0 Å². The number of benzene rings is 1. The van der Waals surface area contributed by atoms with Gasteiger partial charge in [-0.05, 0) is 36.2 Å². The molecule has 0 saturated carbocycles. The standard InChI is InChI=1S/C16H18N4O3S/c1-11-17-15(24-18-11)16(21)20-6-4-19(5-7-20)9-12-2-3-13-14(8-12)23-10-22-13/h2-3,8H,4-7,9-10H2,1H3. The van der Waals surface area contributed by atoms with Gasteiger partial charge in [0.25, 0.3) is 5.91 Å². The number of aryl methyl sites for hydroxylation is 1. The molecule has 7 nitrogen and oxygen atoms in total. The largest absolute Gasteiger partial charge is 0.454 e. The van der Waals surface area contributed by atoms with Gasteiger partial charge in [0.05, 0.1) is 0 Å². The Morgan fingerprint density at radius 2 is 2.00 bits per heavy atom. The molecule has 4 rings (SSSR count). The van der Waals surface area contributed by atoms with Gasteiger partial charge in [0.2, 0.25) is 11.8 Å². The first-order valence-corrected chi connectivity index (χ1v) is 8.67. The average molecular weight is 346 g/mol. The second kappa shape index (κ2) is 6.37. The number of ether oxygens (including phenoxy) is 2. The number of aromatic nitrogens is 2. The van der Waals surface area contributed by atoms with E-state index in [2.05, 4.69) is 20.3 Å². The van der Waals surface area contributed by atoms with Crippen molar-refractivity contribution in [2.45, 2.75) is 13.5 Å². The minimum Gasteiger partial charge on any atom is -0.454 e. The maximum Gasteiger partial charge on any atom is 0.284 e. The average Bonchev–Trinajstić information content (AvgIpc) is 3.23. The van der Waals surface area contributed by atoms with Crippen LogP contribution in [0.3, 0.4) is 0 Å². The first-order chi connectivity index (χ1) is 11.7. The molecule has 2 aromatic rings. The van der Waals surface area contributed by atoms with Gasteiger partial charge in [-0.15, -0.1) is 0 Å². The molecule has 0 spiro atoms. The number of amides is 1. The summed E-state index contributed by atoms with van der Waals surface area (Å²) in [6.45, 7) is 6.05. The van der Waals surface area contributed by atoms with Crippen LogP contribution in [-0.2, 0) is 6.54 Å². The molecule has 2 aliphatic rings. The second-order valence-corrected chi connectivity index (χ2v) is 6.65. The number of hydrogen-bond donors (Lipinski definition) is 0. The van der Waals surface area contributed by atoms with Crippen molar-refractivity contribution in [1.29, 1.82) is 0 Å². The van der Waals surface area contributed by atoms with Gasteiger partial charge in [-0.25, -0.2) is 4.98 Å². The van der Waals surface area contributed by atoms with E-state index >= 15 is 0 Å². The Balaban J connectivity index is 1.34. The van der Waals surface area contributed by atoms with Crippen LogP contribution in [-0.4, -0.2) is 58.0 Å². The van der Waals surface area contributed by atoms with E-state index in [-0.39, 0.29) is 5.91 Å². The molecule has 0 unspecified atom stereocenters. The smallest absolute Gasteiger partial charge is 0.284 e. The van der Waals surface area contributed by atoms with Crippen LogP contribution in [0, 0.1) is 6.92 Å². The fraction of sp³-hybridized carbons (Fsp3) is 0.438. The van der Waals surface area contributed by atoms with Crippen molar-refractivity contribution in [3.63, 3.8) is 0 Å². The lowest BCUT2D eigenvalue weighted by molar-refractivity contribution is 0.0628. The lowest BCUT2D eigenvalue weighted by Crippen LogP contribution is -2.48. The highest BCUT2D eigenvalue weighted by Gasteiger charge is 2.24. The predicted molar refractivity (Wildman–Crippen MR) is 88.4 cm³/mol. The van der Waals surface area contributed by atoms with Gasteiger partial charge in [-0.3, -0.25) is 9.69 Å². The minimum absolute atomic E-state index is 0.0108. The SMILES string of the molecule is Cc1nsc(C(=O)N2CCN(Cc3ccc4c(c3)OCO4)CC2)n1. The number of carbonyl (C=O) groups is 1. The summed E-state index contributed by atoms with van der Waals surface area (Å²) in [7, 11) is 0. The molecule has 2 aliphatic heterocycles. The van der Waals surface area contributed by atoms with Gasteiger partial charge in [-0.2, -0.15) is 4.37 Å². The zero-order chi connectivity index (χ0) is 16.5. The molecule has 3 heterocycles. The highest BCUT2D eigenvalue weighted by Crippen LogP contribution is 2.32. The lowest BCUT2D eigenvalue weighted by atomic mass is 10.1. The van der Waals surface area contributed by atoms with E-state index in [1.165, 1.54) is 17.1 Å². The van der Waals surface area contributed by atoms with E-state index in [4.69, 9.17) is 9.47 Å². The Labute approximate surface area is 144 Å². The molecule has 126 valence electrons. The Hall–Kier alpha value is -2.19. The monoisotopic (exact) mass is 346 g/mol. The third-order valence-electron chi connectivity index (χ3n) is 4.21. The highest BCUT2D eigenvalue weighted by molar-refractivity contribution is 7.07. The van der Waals surface area contributed by atoms with Crippen molar-refractivity contribution in [2.75, 3.05) is 33.0 Å². The van der Waals surface area contributed by atoms with Gasteiger partial charge in [-0.1, -0.05) is 6.07 Å². The summed E-state index contributed by atoms with van der Waals surface area (Å²) in [6, 6.07) is 6.05. The van der Waals surface area contributed by atoms with E-state index in [0.717, 1.165) is 31.1 Å². The van der Waals surface area contributed by atoms with E-state index in [0.29, 0.717) is 30.7 Å². The zero-order valence-corrected chi connectivity index (χ0v) is 14.2. The number of hydrogen-bond acceptors (Lipinski definition) is 7. The summed E-state index contributed by atoms with van der Waals surface area (Å²) in [4.78, 5) is 20.8. The van der Waals surface area contributed by atoms with Crippen LogP contribution in [0.15, 0.2) is 18.2 Å². The van der Waals surface area contributed by atoms with E-state index in [1.54, 1.807) is 6.92 Å². The van der Waals surface area contributed by atoms with E-state index in [1.807, 2.05) is 17.0 Å². The normalized spacial score (nSPS) is 17.3. The minimum atomic E-state index is -0.0108. The van der Waals surface area contributed by atoms with E-state index in [9.17, 15) is 4.79 Å². The van der Waals surface area contributed by atoms with Gasteiger partial charge < -0.3 is 14.4 Å². The fourth-order valence-electron chi connectivity index (χ4n) is 2.93. The molecule has 1 fully saturated rings. The molecule has 0 aliphatic carbocycles. The van der Waals surface area contributed by atoms with Crippen LogP contribution in [0.2, 0.25) is 0 Å². The molecule has 0 bridgehead atoms. The molecule has 0 N–H and O–H groups in total. The molecule has 0 atom stereocenters. The summed E-state index contributed by atoms with van der Waals surface area (Å²) >= 11 is 1.17. The molecule has 1 saturated heterocycles. The zero-order valence-electron chi connectivity index (χ0n) is 13.4. The van der Waals surface area contributed by atoms with Crippen molar-refractivity contribution < 1.29 is 14.3 Å². The summed E-state index contributed by atoms with van der Waals surface area (Å²) in [5.74, 6) is 2.27. The third kappa shape index (κ3) is 3.07. The number of carbonyl (C=O) groups excluding carboxylic acids is 1. The Morgan fingerprint density at radius 1 is 1.21 bits per heavy atom. The number of nitrogens with zero attached hydrogens (tertiary/aromatic N) is 4. The maximum atomic E-state index is 12.4. The molecular formula is C16H18N4O3S. The molecule has 8 heteroatoms. The highest BCUT2D eigenvalue weighted by atomic mass is 32.1. The summed E-state index contributed by atoms with van der Waals surface area (Å²) in [5.41, 5.74) is 1.19. The molecule has 0 radical (unpaired) electrons. The maximum absolute atomic E-state index is 12.4. The molecular weight excluding hydrogens is 328 g/mol. The molecule has 1 aromatic heterocycles. The Morgan fingerprint density at radius 3 is 2.75 bits per heavy atom. The van der Waals surface area contributed by atoms with Crippen LogP contribution < -0.4 is 9.47 Å². The summed E-state index contributed by atoms with van der Waals surface area (Å²) in [5, 5.41) is 0.483. The van der Waals surface area contributed by atoms with Gasteiger partial charge in [0.15, 0.2) is 11.5 Å². The van der Waals surface area contributed by atoms with Crippen LogP contribution in [0.1, 0.15) is 21.2 Å². The first-order valence-electron chi connectivity index (χ1n) is 7.89. The molecule has 24 heavy (non-hydrogen) atoms. The third-order valence-corrected chi connectivity index (χ3v) is 5.01. The number of rotatable bonds is 3. The topological polar surface area (TPSA) is 67.8 Å². The van der Waals surface area contributed by atoms with Crippen molar-refractivity contribution in [2.24, 2.45) is 0 Å². The molecule has 1 aromatic carbocycles. The number of fused-ring (bicyclic) bond motifs is 1. The van der Waals surface area contributed by atoms with E-state index < -0.39 is 0 Å². The Kier molecular flexibility index (Phi) is 4.07. The van der Waals surface area contributed by atoms with Crippen LogP contribution in [0.5, 0.6) is 11.5 Å². The summed E-state index contributed by atoms with van der Waals surface area (Å²) in [6.07, 6.45) is 0. The Bertz CT molecular complexity index is 756. The van der Waals surface area contributed by atoms with Crippen molar-refractivity contribution in [3.05, 3.63) is 34.6 Å². The predicted octanol–water partition coefficient (Wildman–Crippen LogP) is 1.53. The lowest BCUT2D eigenvalue weighted by Gasteiger charge is -2.34.